The van der Waals surface area contributed by atoms with Gasteiger partial charge in [0.2, 0.25) is 0 Å². The standard InChI is InChI=1S/C18H23N3O2/c19-11-13-5-4-8-15(9-13)20-18(23)21-12-16(22)10-17(21)14-6-2-1-3-7-14/h4-5,8-9,14,16-17,22H,1-3,6-7,10,12H2,(H,20,23)/t16-,17-/m0/s1. The van der Waals surface area contributed by atoms with E-state index in [1.807, 2.05) is 0 Å². The molecule has 2 aliphatic rings. The lowest BCUT2D eigenvalue weighted by atomic mass is 9.83. The van der Waals surface area contributed by atoms with Crippen molar-refractivity contribution in [3.05, 3.63) is 29.8 Å². The van der Waals surface area contributed by atoms with Gasteiger partial charge in [0.05, 0.1) is 17.7 Å². The van der Waals surface area contributed by atoms with E-state index >= 15 is 0 Å². The van der Waals surface area contributed by atoms with E-state index in [9.17, 15) is 9.90 Å². The highest BCUT2D eigenvalue weighted by atomic mass is 16.3. The van der Waals surface area contributed by atoms with Crippen molar-refractivity contribution in [3.63, 3.8) is 0 Å². The van der Waals surface area contributed by atoms with E-state index in [1.165, 1.54) is 19.3 Å². The quantitative estimate of drug-likeness (QED) is 0.881. The van der Waals surface area contributed by atoms with Gasteiger partial charge in [0.15, 0.2) is 0 Å². The number of aliphatic hydroxyl groups is 1. The molecular formula is C18H23N3O2. The molecule has 1 saturated carbocycles. The van der Waals surface area contributed by atoms with Gasteiger partial charge in [0.25, 0.3) is 0 Å². The lowest BCUT2D eigenvalue weighted by molar-refractivity contribution is 0.164. The molecule has 23 heavy (non-hydrogen) atoms. The van der Waals surface area contributed by atoms with Crippen molar-refractivity contribution >= 4 is 11.7 Å². The molecule has 1 aromatic rings. The number of urea groups is 1. The number of carbonyl (C=O) groups is 1. The van der Waals surface area contributed by atoms with Crippen LogP contribution in [0.3, 0.4) is 0 Å². The molecule has 0 aromatic heterocycles. The Morgan fingerprint density at radius 3 is 2.83 bits per heavy atom. The molecule has 5 nitrogen and oxygen atoms in total. The zero-order chi connectivity index (χ0) is 16.2. The first kappa shape index (κ1) is 15.8. The molecule has 0 bridgehead atoms. The fraction of sp³-hybridized carbons (Fsp3) is 0.556. The van der Waals surface area contributed by atoms with Crippen molar-refractivity contribution in [1.82, 2.24) is 4.90 Å². The van der Waals surface area contributed by atoms with Crippen molar-refractivity contribution in [2.75, 3.05) is 11.9 Å². The number of aliphatic hydroxyl groups excluding tert-OH is 1. The van der Waals surface area contributed by atoms with Crippen LogP contribution in [0.25, 0.3) is 0 Å². The Hall–Kier alpha value is -2.06. The first-order chi connectivity index (χ1) is 11.2. The summed E-state index contributed by atoms with van der Waals surface area (Å²) >= 11 is 0. The molecule has 2 amide bonds. The van der Waals surface area contributed by atoms with Gasteiger partial charge < -0.3 is 15.3 Å². The number of rotatable bonds is 2. The maximum Gasteiger partial charge on any atom is 0.322 e. The van der Waals surface area contributed by atoms with Gasteiger partial charge in [-0.3, -0.25) is 0 Å². The number of hydrogen-bond donors (Lipinski definition) is 2. The van der Waals surface area contributed by atoms with Crippen molar-refractivity contribution in [3.8, 4) is 6.07 Å². The van der Waals surface area contributed by atoms with Crippen molar-refractivity contribution in [2.45, 2.75) is 50.7 Å². The second-order valence-electron chi connectivity index (χ2n) is 6.63. The molecular weight excluding hydrogens is 290 g/mol. The molecule has 1 aromatic carbocycles. The van der Waals surface area contributed by atoms with Crippen LogP contribution < -0.4 is 5.32 Å². The van der Waals surface area contributed by atoms with E-state index in [4.69, 9.17) is 5.26 Å². The van der Waals surface area contributed by atoms with Gasteiger partial charge in [-0.2, -0.15) is 5.26 Å². The molecule has 0 unspecified atom stereocenters. The maximum atomic E-state index is 12.6. The van der Waals surface area contributed by atoms with E-state index < -0.39 is 6.10 Å². The Kier molecular flexibility index (Phi) is 4.82. The van der Waals surface area contributed by atoms with E-state index in [0.29, 0.717) is 30.1 Å². The Bertz CT molecular complexity index is 605. The maximum absolute atomic E-state index is 12.6. The molecule has 1 aliphatic heterocycles. The lowest BCUT2D eigenvalue weighted by Crippen LogP contribution is -2.43. The number of nitrogens with one attached hydrogen (secondary N) is 1. The van der Waals surface area contributed by atoms with Crippen LogP contribution in [0.1, 0.15) is 44.1 Å². The van der Waals surface area contributed by atoms with Crippen LogP contribution in [0.4, 0.5) is 10.5 Å². The predicted molar refractivity (Wildman–Crippen MR) is 87.9 cm³/mol. The average Bonchev–Trinajstić information content (AvgIpc) is 2.98. The highest BCUT2D eigenvalue weighted by Gasteiger charge is 2.39. The van der Waals surface area contributed by atoms with E-state index in [0.717, 1.165) is 12.8 Å². The SMILES string of the molecule is N#Cc1cccc(NC(=O)N2C[C@@H](O)C[C@H]2C2CCCCC2)c1. The Balaban J connectivity index is 1.70. The fourth-order valence-electron chi connectivity index (χ4n) is 3.90. The molecule has 3 rings (SSSR count). The largest absolute Gasteiger partial charge is 0.391 e. The van der Waals surface area contributed by atoms with Crippen LogP contribution in [0.5, 0.6) is 0 Å². The Labute approximate surface area is 136 Å². The number of hydrogen-bond acceptors (Lipinski definition) is 3. The van der Waals surface area contributed by atoms with Crippen LogP contribution in [0.15, 0.2) is 24.3 Å². The average molecular weight is 313 g/mol. The zero-order valence-electron chi connectivity index (χ0n) is 13.2. The number of nitriles is 1. The number of likely N-dealkylation sites (tertiary alicyclic amines) is 1. The number of carbonyl (C=O) groups excluding carboxylic acids is 1. The normalized spacial score (nSPS) is 25.1. The van der Waals surface area contributed by atoms with E-state index in [-0.39, 0.29) is 12.1 Å². The second-order valence-corrected chi connectivity index (χ2v) is 6.63. The topological polar surface area (TPSA) is 76.4 Å². The van der Waals surface area contributed by atoms with Crippen molar-refractivity contribution < 1.29 is 9.90 Å². The lowest BCUT2D eigenvalue weighted by Gasteiger charge is -2.33. The van der Waals surface area contributed by atoms with Gasteiger partial charge in [0.1, 0.15) is 0 Å². The summed E-state index contributed by atoms with van der Waals surface area (Å²) in [5.41, 5.74) is 1.14. The van der Waals surface area contributed by atoms with Crippen molar-refractivity contribution in [2.24, 2.45) is 5.92 Å². The summed E-state index contributed by atoms with van der Waals surface area (Å²) in [6.45, 7) is 0.394. The minimum Gasteiger partial charge on any atom is -0.391 e. The van der Waals surface area contributed by atoms with Gasteiger partial charge >= 0.3 is 6.03 Å². The monoisotopic (exact) mass is 313 g/mol. The summed E-state index contributed by atoms with van der Waals surface area (Å²) in [5, 5.41) is 21.9. The van der Waals surface area contributed by atoms with Gasteiger partial charge in [-0.1, -0.05) is 25.3 Å². The minimum atomic E-state index is -0.432. The van der Waals surface area contributed by atoms with Crippen LogP contribution in [0.2, 0.25) is 0 Å². The van der Waals surface area contributed by atoms with E-state index in [2.05, 4.69) is 11.4 Å². The Morgan fingerprint density at radius 1 is 1.30 bits per heavy atom. The summed E-state index contributed by atoms with van der Waals surface area (Å²) < 4.78 is 0. The third-order valence-electron chi connectivity index (χ3n) is 5.02. The number of anilines is 1. The molecule has 2 atom stereocenters. The first-order valence-electron chi connectivity index (χ1n) is 8.43. The minimum absolute atomic E-state index is 0.129. The van der Waals surface area contributed by atoms with Gasteiger partial charge in [-0.05, 0) is 43.4 Å². The first-order valence-corrected chi connectivity index (χ1v) is 8.43. The number of β-amino-alcohol motifs (C(OH)–C–C–N with tert-alkyl or cyclic N) is 1. The van der Waals surface area contributed by atoms with Crippen LogP contribution in [-0.4, -0.2) is 34.7 Å². The molecule has 1 aliphatic carbocycles. The van der Waals surface area contributed by atoms with Crippen LogP contribution in [-0.2, 0) is 0 Å². The molecule has 0 spiro atoms. The smallest absolute Gasteiger partial charge is 0.322 e. The molecule has 2 N–H and O–H groups in total. The van der Waals surface area contributed by atoms with Crippen LogP contribution in [0, 0.1) is 17.2 Å². The molecule has 122 valence electrons. The summed E-state index contributed by atoms with van der Waals surface area (Å²) in [6, 6.07) is 8.94. The fourth-order valence-corrected chi connectivity index (χ4v) is 3.90. The van der Waals surface area contributed by atoms with Crippen LogP contribution >= 0.6 is 0 Å². The summed E-state index contributed by atoms with van der Waals surface area (Å²) in [5.74, 6) is 0.497. The predicted octanol–water partition coefficient (Wildman–Crippen LogP) is 3.11. The summed E-state index contributed by atoms with van der Waals surface area (Å²) in [4.78, 5) is 14.4. The van der Waals surface area contributed by atoms with Crippen molar-refractivity contribution in [1.29, 1.82) is 5.26 Å². The molecule has 2 fully saturated rings. The molecule has 1 saturated heterocycles. The molecule has 5 heteroatoms. The third kappa shape index (κ3) is 3.65. The highest BCUT2D eigenvalue weighted by Crippen LogP contribution is 2.34. The van der Waals surface area contributed by atoms with E-state index in [1.54, 1.807) is 29.2 Å². The zero-order valence-corrected chi connectivity index (χ0v) is 13.2. The van der Waals surface area contributed by atoms with Gasteiger partial charge in [0, 0.05) is 18.3 Å². The summed E-state index contributed by atoms with van der Waals surface area (Å²) in [6.07, 6.45) is 6.25. The summed E-state index contributed by atoms with van der Waals surface area (Å²) in [7, 11) is 0. The third-order valence-corrected chi connectivity index (χ3v) is 5.02. The highest BCUT2D eigenvalue weighted by molar-refractivity contribution is 5.90. The number of amides is 2. The van der Waals surface area contributed by atoms with Gasteiger partial charge in [-0.15, -0.1) is 0 Å². The molecule has 1 heterocycles. The van der Waals surface area contributed by atoms with Gasteiger partial charge in [-0.25, -0.2) is 4.79 Å². The number of benzene rings is 1. The second kappa shape index (κ2) is 7.01. The molecule has 0 radical (unpaired) electrons. The number of nitrogens with zero attached hydrogens (tertiary/aromatic N) is 2. The Morgan fingerprint density at radius 2 is 2.09 bits per heavy atom.